The van der Waals surface area contributed by atoms with Crippen molar-refractivity contribution in [3.63, 3.8) is 0 Å². The van der Waals surface area contributed by atoms with E-state index >= 15 is 0 Å². The molecule has 1 heterocycles. The van der Waals surface area contributed by atoms with Gasteiger partial charge in [0.25, 0.3) is 5.91 Å². The Bertz CT molecular complexity index is 394. The highest BCUT2D eigenvalue weighted by Gasteiger charge is 2.15. The van der Waals surface area contributed by atoms with Crippen molar-refractivity contribution < 1.29 is 4.79 Å². The number of hydrogen-bond donors (Lipinski definition) is 1. The maximum Gasteiger partial charge on any atom is 0.251 e. The Hall–Kier alpha value is 0.120. The highest BCUT2D eigenvalue weighted by molar-refractivity contribution is 14.1. The molecule has 5 heteroatoms. The molecule has 1 fully saturated rings. The summed E-state index contributed by atoms with van der Waals surface area (Å²) in [5.74, 6) is 3.64. The summed E-state index contributed by atoms with van der Waals surface area (Å²) < 4.78 is 1.10. The monoisotopic (exact) mass is 379 g/mol. The fourth-order valence-electron chi connectivity index (χ4n) is 1.59. The number of amides is 1. The molecule has 0 aromatic heterocycles. The van der Waals surface area contributed by atoms with Crippen molar-refractivity contribution in [2.45, 2.75) is 5.25 Å². The van der Waals surface area contributed by atoms with Crippen LogP contribution in [-0.4, -0.2) is 35.0 Å². The summed E-state index contributed by atoms with van der Waals surface area (Å²) in [5.41, 5.74) is 0.755. The lowest BCUT2D eigenvalue weighted by Gasteiger charge is -2.21. The minimum absolute atomic E-state index is 0.0414. The SMILES string of the molecule is O=C(NCC1CSCCS1)c1cccc(I)c1. The average molecular weight is 379 g/mol. The maximum absolute atomic E-state index is 11.9. The predicted molar refractivity (Wildman–Crippen MR) is 85.1 cm³/mol. The van der Waals surface area contributed by atoms with Crippen molar-refractivity contribution >= 4 is 52.0 Å². The van der Waals surface area contributed by atoms with Crippen LogP contribution in [0.15, 0.2) is 24.3 Å². The molecule has 0 spiro atoms. The smallest absolute Gasteiger partial charge is 0.251 e. The van der Waals surface area contributed by atoms with E-state index in [1.165, 1.54) is 11.5 Å². The van der Waals surface area contributed by atoms with E-state index in [4.69, 9.17) is 0 Å². The number of nitrogens with one attached hydrogen (secondary N) is 1. The maximum atomic E-state index is 11.9. The van der Waals surface area contributed by atoms with Crippen LogP contribution in [0.1, 0.15) is 10.4 Å². The van der Waals surface area contributed by atoms with E-state index in [0.29, 0.717) is 5.25 Å². The Morgan fingerprint density at radius 2 is 2.35 bits per heavy atom. The lowest BCUT2D eigenvalue weighted by atomic mass is 10.2. The van der Waals surface area contributed by atoms with Crippen LogP contribution in [0, 0.1) is 3.57 Å². The van der Waals surface area contributed by atoms with Gasteiger partial charge < -0.3 is 5.32 Å². The highest BCUT2D eigenvalue weighted by atomic mass is 127. The fraction of sp³-hybridized carbons (Fsp3) is 0.417. The van der Waals surface area contributed by atoms with Crippen LogP contribution in [0.4, 0.5) is 0 Å². The third kappa shape index (κ3) is 4.37. The van der Waals surface area contributed by atoms with E-state index in [9.17, 15) is 4.79 Å². The summed E-state index contributed by atoms with van der Waals surface area (Å²) in [4.78, 5) is 11.9. The Morgan fingerprint density at radius 1 is 1.47 bits per heavy atom. The molecule has 2 nitrogen and oxygen atoms in total. The summed E-state index contributed by atoms with van der Waals surface area (Å²) in [6.45, 7) is 0.780. The molecule has 1 atom stereocenters. The normalized spacial score (nSPS) is 19.9. The van der Waals surface area contributed by atoms with Gasteiger partial charge in [-0.1, -0.05) is 6.07 Å². The molecule has 1 aliphatic rings. The third-order valence-corrected chi connectivity index (χ3v) is 5.98. The molecule has 92 valence electrons. The minimum atomic E-state index is 0.0414. The zero-order valence-corrected chi connectivity index (χ0v) is 13.1. The lowest BCUT2D eigenvalue weighted by Crippen LogP contribution is -2.33. The molecular formula is C12H14INOS2. The summed E-state index contributed by atoms with van der Waals surface area (Å²) >= 11 is 6.17. The first kappa shape index (κ1) is 13.5. The van der Waals surface area contributed by atoms with Gasteiger partial charge in [-0.25, -0.2) is 0 Å². The number of hydrogen-bond acceptors (Lipinski definition) is 3. The lowest BCUT2D eigenvalue weighted by molar-refractivity contribution is 0.0954. The molecule has 1 aromatic rings. The van der Waals surface area contributed by atoms with Gasteiger partial charge in [-0.2, -0.15) is 23.5 Å². The van der Waals surface area contributed by atoms with Gasteiger partial charge in [0.05, 0.1) is 0 Å². The third-order valence-electron chi connectivity index (χ3n) is 2.46. The number of carbonyl (C=O) groups excluding carboxylic acids is 1. The zero-order chi connectivity index (χ0) is 12.1. The van der Waals surface area contributed by atoms with Gasteiger partial charge >= 0.3 is 0 Å². The minimum Gasteiger partial charge on any atom is -0.351 e. The first-order valence-electron chi connectivity index (χ1n) is 5.49. The van der Waals surface area contributed by atoms with Crippen molar-refractivity contribution in [2.75, 3.05) is 23.8 Å². The van der Waals surface area contributed by atoms with Gasteiger partial charge in [0.15, 0.2) is 0 Å². The summed E-state index contributed by atoms with van der Waals surface area (Å²) in [6.07, 6.45) is 0. The molecule has 2 rings (SSSR count). The molecule has 1 N–H and O–H groups in total. The van der Waals surface area contributed by atoms with E-state index in [-0.39, 0.29) is 5.91 Å². The summed E-state index contributed by atoms with van der Waals surface area (Å²) in [6, 6.07) is 7.69. The van der Waals surface area contributed by atoms with Crippen LogP contribution < -0.4 is 5.32 Å². The van der Waals surface area contributed by atoms with Crippen LogP contribution in [0.5, 0.6) is 0 Å². The number of benzene rings is 1. The van der Waals surface area contributed by atoms with E-state index < -0.39 is 0 Å². The summed E-state index contributed by atoms with van der Waals surface area (Å²) in [5, 5.41) is 3.59. The molecular weight excluding hydrogens is 365 g/mol. The fourth-order valence-corrected chi connectivity index (χ4v) is 4.75. The van der Waals surface area contributed by atoms with E-state index in [0.717, 1.165) is 21.4 Å². The van der Waals surface area contributed by atoms with Gasteiger partial charge in [-0.15, -0.1) is 0 Å². The van der Waals surface area contributed by atoms with E-state index in [1.54, 1.807) is 0 Å². The molecule has 17 heavy (non-hydrogen) atoms. The van der Waals surface area contributed by atoms with Crippen molar-refractivity contribution in [2.24, 2.45) is 0 Å². The van der Waals surface area contributed by atoms with E-state index in [2.05, 4.69) is 27.9 Å². The Morgan fingerprint density at radius 3 is 3.06 bits per heavy atom. The molecule has 1 aromatic carbocycles. The van der Waals surface area contributed by atoms with E-state index in [1.807, 2.05) is 47.8 Å². The van der Waals surface area contributed by atoms with Crippen LogP contribution >= 0.6 is 46.1 Å². The second-order valence-electron chi connectivity index (χ2n) is 3.79. The van der Waals surface area contributed by atoms with Crippen LogP contribution in [0.25, 0.3) is 0 Å². The predicted octanol–water partition coefficient (Wildman–Crippen LogP) is 2.87. The molecule has 1 saturated heterocycles. The van der Waals surface area contributed by atoms with Crippen LogP contribution in [0.3, 0.4) is 0 Å². The highest BCUT2D eigenvalue weighted by Crippen LogP contribution is 2.23. The molecule has 0 radical (unpaired) electrons. The Kier molecular flexibility index (Phi) is 5.49. The number of rotatable bonds is 3. The molecule has 0 saturated carbocycles. The number of thioether (sulfide) groups is 2. The standard InChI is InChI=1S/C12H14INOS2/c13-10-3-1-2-9(6-10)12(15)14-7-11-8-16-4-5-17-11/h1-3,6,11H,4-5,7-8H2,(H,14,15). The Labute approximate surface area is 124 Å². The van der Waals surface area contributed by atoms with Crippen molar-refractivity contribution in [3.05, 3.63) is 33.4 Å². The van der Waals surface area contributed by atoms with Crippen molar-refractivity contribution in [3.8, 4) is 0 Å². The first-order chi connectivity index (χ1) is 8.25. The van der Waals surface area contributed by atoms with Crippen molar-refractivity contribution in [1.29, 1.82) is 0 Å². The number of halogens is 1. The molecule has 0 bridgehead atoms. The van der Waals surface area contributed by atoms with Gasteiger partial charge in [-0.05, 0) is 40.8 Å². The van der Waals surface area contributed by atoms with Gasteiger partial charge in [0.2, 0.25) is 0 Å². The topological polar surface area (TPSA) is 29.1 Å². The van der Waals surface area contributed by atoms with Crippen molar-refractivity contribution in [1.82, 2.24) is 5.32 Å². The molecule has 1 aliphatic heterocycles. The van der Waals surface area contributed by atoms with Gasteiger partial charge in [-0.3, -0.25) is 4.79 Å². The average Bonchev–Trinajstić information content (AvgIpc) is 2.37. The second kappa shape index (κ2) is 6.89. The Balaban J connectivity index is 1.84. The zero-order valence-electron chi connectivity index (χ0n) is 9.32. The van der Waals surface area contributed by atoms with Gasteiger partial charge in [0, 0.05) is 38.2 Å². The second-order valence-corrected chi connectivity index (χ2v) is 7.59. The van der Waals surface area contributed by atoms with Gasteiger partial charge in [0.1, 0.15) is 0 Å². The quantitative estimate of drug-likeness (QED) is 0.819. The molecule has 1 amide bonds. The largest absolute Gasteiger partial charge is 0.351 e. The first-order valence-corrected chi connectivity index (χ1v) is 8.77. The molecule has 1 unspecified atom stereocenters. The van der Waals surface area contributed by atoms with Crippen LogP contribution in [0.2, 0.25) is 0 Å². The summed E-state index contributed by atoms with van der Waals surface area (Å²) in [7, 11) is 0. The van der Waals surface area contributed by atoms with Crippen LogP contribution in [-0.2, 0) is 0 Å². The number of carbonyl (C=O) groups is 1. The molecule has 0 aliphatic carbocycles.